The molecule has 1 aromatic carbocycles. The van der Waals surface area contributed by atoms with Crippen LogP contribution in [-0.2, 0) is 6.54 Å². The average molecular weight is 284 g/mol. The number of nitrogens with one attached hydrogen (secondary N) is 1. The van der Waals surface area contributed by atoms with E-state index in [1.807, 2.05) is 0 Å². The third-order valence-corrected chi connectivity index (χ3v) is 4.46. The number of halogens is 3. The van der Waals surface area contributed by atoms with Crippen molar-refractivity contribution in [1.29, 1.82) is 0 Å². The molecule has 0 spiro atoms. The fourth-order valence-electron chi connectivity index (χ4n) is 3.38. The summed E-state index contributed by atoms with van der Waals surface area (Å²) in [6.07, 6.45) is 4.67. The zero-order valence-electron chi connectivity index (χ0n) is 11.3. The molecule has 2 nitrogen and oxygen atoms in total. The van der Waals surface area contributed by atoms with Gasteiger partial charge in [0.25, 0.3) is 0 Å². The first-order valence-electron chi connectivity index (χ1n) is 7.24. The van der Waals surface area contributed by atoms with Gasteiger partial charge in [0.1, 0.15) is 0 Å². The van der Waals surface area contributed by atoms with Gasteiger partial charge in [-0.15, -0.1) is 0 Å². The largest absolute Gasteiger partial charge is 0.310 e. The van der Waals surface area contributed by atoms with E-state index < -0.39 is 17.5 Å². The van der Waals surface area contributed by atoms with E-state index in [1.54, 1.807) is 0 Å². The summed E-state index contributed by atoms with van der Waals surface area (Å²) in [5.41, 5.74) is 0.454. The molecule has 2 atom stereocenters. The van der Waals surface area contributed by atoms with Crippen LogP contribution in [0.5, 0.6) is 0 Å². The number of fused-ring (bicyclic) bond motifs is 1. The summed E-state index contributed by atoms with van der Waals surface area (Å²) in [6.45, 7) is 2.67. The Morgan fingerprint density at radius 3 is 2.60 bits per heavy atom. The lowest BCUT2D eigenvalue weighted by Crippen LogP contribution is -2.45. The van der Waals surface area contributed by atoms with E-state index in [4.69, 9.17) is 0 Å². The zero-order valence-corrected chi connectivity index (χ0v) is 11.3. The fourth-order valence-corrected chi connectivity index (χ4v) is 3.38. The Morgan fingerprint density at radius 2 is 1.85 bits per heavy atom. The van der Waals surface area contributed by atoms with Gasteiger partial charge in [0.05, 0.1) is 0 Å². The fraction of sp³-hybridized carbons (Fsp3) is 0.600. The van der Waals surface area contributed by atoms with Crippen LogP contribution in [0, 0.1) is 17.5 Å². The number of hydrogen-bond acceptors (Lipinski definition) is 2. The van der Waals surface area contributed by atoms with E-state index in [-0.39, 0.29) is 0 Å². The topological polar surface area (TPSA) is 15.3 Å². The van der Waals surface area contributed by atoms with Crippen molar-refractivity contribution >= 4 is 0 Å². The Bertz CT molecular complexity index is 469. The van der Waals surface area contributed by atoms with Crippen LogP contribution >= 0.6 is 0 Å². The van der Waals surface area contributed by atoms with Crippen LogP contribution in [-0.4, -0.2) is 30.1 Å². The second-order valence-corrected chi connectivity index (χ2v) is 5.81. The van der Waals surface area contributed by atoms with Crippen molar-refractivity contribution in [3.8, 4) is 0 Å². The van der Waals surface area contributed by atoms with Gasteiger partial charge in [0.2, 0.25) is 0 Å². The lowest BCUT2D eigenvalue weighted by atomic mass is 9.97. The maximum Gasteiger partial charge on any atom is 0.194 e. The summed E-state index contributed by atoms with van der Waals surface area (Å²) >= 11 is 0. The Morgan fingerprint density at radius 1 is 1.10 bits per heavy atom. The molecule has 5 heteroatoms. The van der Waals surface area contributed by atoms with E-state index in [1.165, 1.54) is 19.4 Å². The molecule has 0 aliphatic carbocycles. The summed E-state index contributed by atoms with van der Waals surface area (Å²) in [4.78, 5) is 2.52. The van der Waals surface area contributed by atoms with Crippen LogP contribution in [0.25, 0.3) is 0 Å². The van der Waals surface area contributed by atoms with Crippen LogP contribution < -0.4 is 5.32 Å². The Labute approximate surface area is 117 Å². The van der Waals surface area contributed by atoms with Gasteiger partial charge >= 0.3 is 0 Å². The van der Waals surface area contributed by atoms with Crippen molar-refractivity contribution in [2.75, 3.05) is 13.1 Å². The van der Waals surface area contributed by atoms with Gasteiger partial charge in [0, 0.05) is 18.6 Å². The van der Waals surface area contributed by atoms with E-state index in [0.29, 0.717) is 24.2 Å². The van der Waals surface area contributed by atoms with Gasteiger partial charge in [0.15, 0.2) is 17.5 Å². The number of piperidine rings is 1. The van der Waals surface area contributed by atoms with E-state index in [2.05, 4.69) is 10.2 Å². The molecule has 0 radical (unpaired) electrons. The normalized spacial score (nSPS) is 26.8. The monoisotopic (exact) mass is 284 g/mol. The van der Waals surface area contributed by atoms with Crippen LogP contribution in [0.15, 0.2) is 12.1 Å². The summed E-state index contributed by atoms with van der Waals surface area (Å²) in [7, 11) is 0. The molecule has 2 saturated heterocycles. The van der Waals surface area contributed by atoms with Crippen molar-refractivity contribution < 1.29 is 13.2 Å². The van der Waals surface area contributed by atoms with Gasteiger partial charge in [-0.3, -0.25) is 0 Å². The van der Waals surface area contributed by atoms with Crippen molar-refractivity contribution in [1.82, 2.24) is 10.2 Å². The first-order valence-corrected chi connectivity index (χ1v) is 7.24. The second-order valence-electron chi connectivity index (χ2n) is 5.81. The SMILES string of the molecule is Fc1cc(CNC2CCN3CCCC3C2)cc(F)c1F. The minimum absolute atomic E-state index is 0.380. The molecule has 1 N–H and O–H groups in total. The zero-order chi connectivity index (χ0) is 14.1. The molecule has 20 heavy (non-hydrogen) atoms. The molecule has 3 rings (SSSR count). The summed E-state index contributed by atoms with van der Waals surface area (Å²) in [5.74, 6) is -3.63. The van der Waals surface area contributed by atoms with Crippen LogP contribution in [0.1, 0.15) is 31.2 Å². The lowest BCUT2D eigenvalue weighted by molar-refractivity contribution is 0.166. The van der Waals surface area contributed by atoms with Crippen LogP contribution in [0.2, 0.25) is 0 Å². The van der Waals surface area contributed by atoms with Crippen molar-refractivity contribution in [2.24, 2.45) is 0 Å². The number of rotatable bonds is 3. The smallest absolute Gasteiger partial charge is 0.194 e. The van der Waals surface area contributed by atoms with Crippen molar-refractivity contribution in [3.63, 3.8) is 0 Å². The first kappa shape index (κ1) is 13.9. The molecule has 0 saturated carbocycles. The molecule has 1 aromatic rings. The summed E-state index contributed by atoms with van der Waals surface area (Å²) < 4.78 is 39.1. The predicted octanol–water partition coefficient (Wildman–Crippen LogP) is 2.82. The van der Waals surface area contributed by atoms with Crippen LogP contribution in [0.3, 0.4) is 0 Å². The molecule has 2 aliphatic rings. The highest BCUT2D eigenvalue weighted by Crippen LogP contribution is 2.27. The molecule has 2 fully saturated rings. The van der Waals surface area contributed by atoms with E-state index in [0.717, 1.165) is 31.5 Å². The molecule has 110 valence electrons. The number of benzene rings is 1. The quantitative estimate of drug-likeness (QED) is 0.859. The van der Waals surface area contributed by atoms with Crippen LogP contribution in [0.4, 0.5) is 13.2 Å². The number of hydrogen-bond donors (Lipinski definition) is 1. The third-order valence-electron chi connectivity index (χ3n) is 4.46. The van der Waals surface area contributed by atoms with E-state index >= 15 is 0 Å². The highest BCUT2D eigenvalue weighted by Gasteiger charge is 2.31. The highest BCUT2D eigenvalue weighted by atomic mass is 19.2. The number of nitrogens with zero attached hydrogens (tertiary/aromatic N) is 1. The summed E-state index contributed by atoms with van der Waals surface area (Å²) in [5, 5.41) is 3.34. The molecule has 0 aromatic heterocycles. The Kier molecular flexibility index (Phi) is 3.98. The predicted molar refractivity (Wildman–Crippen MR) is 70.8 cm³/mol. The lowest BCUT2D eigenvalue weighted by Gasteiger charge is -2.35. The molecular weight excluding hydrogens is 265 g/mol. The first-order chi connectivity index (χ1) is 9.63. The maximum absolute atomic E-state index is 13.1. The Hall–Kier alpha value is -1.07. The van der Waals surface area contributed by atoms with Gasteiger partial charge < -0.3 is 10.2 Å². The average Bonchev–Trinajstić information content (AvgIpc) is 2.89. The summed E-state index contributed by atoms with van der Waals surface area (Å²) in [6, 6.07) is 3.17. The third kappa shape index (κ3) is 2.83. The molecular formula is C15H19F3N2. The van der Waals surface area contributed by atoms with Crippen molar-refractivity contribution in [3.05, 3.63) is 35.1 Å². The minimum atomic E-state index is -1.40. The van der Waals surface area contributed by atoms with Gasteiger partial charge in [-0.1, -0.05) is 0 Å². The second kappa shape index (κ2) is 5.74. The molecule has 2 unspecified atom stereocenters. The standard InChI is InChI=1S/C15H19F3N2/c16-13-6-10(7-14(17)15(13)18)9-19-11-3-5-20-4-1-2-12(20)8-11/h6-7,11-12,19H,1-5,8-9H2. The van der Waals surface area contributed by atoms with E-state index in [9.17, 15) is 13.2 Å². The minimum Gasteiger partial charge on any atom is -0.310 e. The molecule has 2 aliphatic heterocycles. The Balaban J connectivity index is 1.57. The molecule has 0 amide bonds. The van der Waals surface area contributed by atoms with Crippen molar-refractivity contribution in [2.45, 2.75) is 44.3 Å². The van der Waals surface area contributed by atoms with Gasteiger partial charge in [-0.05, 0) is 56.5 Å². The highest BCUT2D eigenvalue weighted by molar-refractivity contribution is 5.19. The maximum atomic E-state index is 13.1. The molecule has 2 heterocycles. The van der Waals surface area contributed by atoms with Gasteiger partial charge in [-0.25, -0.2) is 13.2 Å². The van der Waals surface area contributed by atoms with Gasteiger partial charge in [-0.2, -0.15) is 0 Å². The molecule has 0 bridgehead atoms.